The number of nitrogens with two attached hydrogens (primary N) is 1. The van der Waals surface area contributed by atoms with Crippen molar-refractivity contribution >= 4 is 11.8 Å². The molecule has 1 aromatic rings. The maximum atomic E-state index is 12.7. The van der Waals surface area contributed by atoms with E-state index < -0.39 is 5.60 Å². The molecule has 1 aliphatic rings. The van der Waals surface area contributed by atoms with Crippen LogP contribution in [0.5, 0.6) is 5.75 Å². The molecule has 0 saturated carbocycles. The van der Waals surface area contributed by atoms with Crippen molar-refractivity contribution in [2.75, 3.05) is 39.0 Å². The molecule has 0 unspecified atom stereocenters. The quantitative estimate of drug-likeness (QED) is 0.799. The Morgan fingerprint density at radius 3 is 2.56 bits per heavy atom. The third-order valence-corrected chi connectivity index (χ3v) is 4.20. The van der Waals surface area contributed by atoms with Crippen LogP contribution in [-0.2, 0) is 11.3 Å². The molecule has 0 spiro atoms. The number of hydrogen-bond acceptors (Lipinski definition) is 5. The van der Waals surface area contributed by atoms with Crippen molar-refractivity contribution < 1.29 is 14.3 Å². The Morgan fingerprint density at radius 2 is 1.96 bits per heavy atom. The van der Waals surface area contributed by atoms with Crippen LogP contribution in [0.2, 0.25) is 0 Å². The molecule has 0 atom stereocenters. The number of methoxy groups -OCH3 is 1. The summed E-state index contributed by atoms with van der Waals surface area (Å²) in [5.41, 5.74) is 6.92. The Balaban J connectivity index is 2.12. The van der Waals surface area contributed by atoms with Gasteiger partial charge in [0.2, 0.25) is 0 Å². The highest BCUT2D eigenvalue weighted by molar-refractivity contribution is 5.68. The van der Waals surface area contributed by atoms with Crippen molar-refractivity contribution in [2.24, 2.45) is 0 Å². The van der Waals surface area contributed by atoms with E-state index >= 15 is 0 Å². The van der Waals surface area contributed by atoms with Gasteiger partial charge >= 0.3 is 6.09 Å². The topological polar surface area (TPSA) is 68.0 Å². The highest BCUT2D eigenvalue weighted by atomic mass is 16.6. The van der Waals surface area contributed by atoms with Gasteiger partial charge in [-0.2, -0.15) is 0 Å². The maximum Gasteiger partial charge on any atom is 0.410 e. The first-order valence-corrected chi connectivity index (χ1v) is 8.91. The Kier molecular flexibility index (Phi) is 6.53. The van der Waals surface area contributed by atoms with E-state index in [2.05, 4.69) is 4.90 Å². The first-order chi connectivity index (χ1) is 11.8. The summed E-state index contributed by atoms with van der Waals surface area (Å²) >= 11 is 0. The molecule has 2 rings (SSSR count). The van der Waals surface area contributed by atoms with E-state index in [0.29, 0.717) is 18.8 Å². The molecule has 0 bridgehead atoms. The molecule has 1 fully saturated rings. The van der Waals surface area contributed by atoms with E-state index in [0.717, 1.165) is 30.9 Å². The van der Waals surface area contributed by atoms with Gasteiger partial charge in [-0.25, -0.2) is 4.79 Å². The molecular weight excluding hydrogens is 318 g/mol. The molecule has 1 amide bonds. The zero-order chi connectivity index (χ0) is 18.4. The first kappa shape index (κ1) is 19.4. The van der Waals surface area contributed by atoms with Crippen LogP contribution in [0.4, 0.5) is 10.5 Å². The lowest BCUT2D eigenvalue weighted by molar-refractivity contribution is 0.0218. The summed E-state index contributed by atoms with van der Waals surface area (Å²) in [6, 6.07) is 5.48. The van der Waals surface area contributed by atoms with E-state index in [1.165, 1.54) is 12.8 Å². The van der Waals surface area contributed by atoms with Crippen LogP contribution in [0.3, 0.4) is 0 Å². The molecule has 0 radical (unpaired) electrons. The van der Waals surface area contributed by atoms with Gasteiger partial charge in [0.1, 0.15) is 11.4 Å². The molecule has 25 heavy (non-hydrogen) atoms. The summed E-state index contributed by atoms with van der Waals surface area (Å²) in [7, 11) is 1.62. The predicted molar refractivity (Wildman–Crippen MR) is 99.7 cm³/mol. The lowest BCUT2D eigenvalue weighted by Crippen LogP contribution is -2.40. The zero-order valence-electron chi connectivity index (χ0n) is 15.9. The summed E-state index contributed by atoms with van der Waals surface area (Å²) in [6.45, 7) is 9.72. The van der Waals surface area contributed by atoms with Crippen LogP contribution in [0, 0.1) is 0 Å². The van der Waals surface area contributed by atoms with Crippen molar-refractivity contribution in [3.05, 3.63) is 23.8 Å². The summed E-state index contributed by atoms with van der Waals surface area (Å²) < 4.78 is 11.0. The number of anilines is 1. The molecule has 140 valence electrons. The van der Waals surface area contributed by atoms with Crippen LogP contribution in [-0.4, -0.2) is 54.8 Å². The molecule has 1 aromatic carbocycles. The van der Waals surface area contributed by atoms with Crippen LogP contribution in [0.25, 0.3) is 0 Å². The molecule has 1 saturated heterocycles. The average Bonchev–Trinajstić information content (AvgIpc) is 3.03. The standard InChI is InChI=1S/C19H31N3O3/c1-19(2,3)25-18(23)22(12-11-21-9-5-6-10-21)14-15-13-16(20)7-8-17(15)24-4/h7-8,13H,5-6,9-12,14,20H2,1-4H3. The van der Waals surface area contributed by atoms with Crippen molar-refractivity contribution in [1.82, 2.24) is 9.80 Å². The van der Waals surface area contributed by atoms with E-state index in [4.69, 9.17) is 15.2 Å². The third kappa shape index (κ3) is 6.12. The van der Waals surface area contributed by atoms with E-state index in [1.807, 2.05) is 32.9 Å². The lowest BCUT2D eigenvalue weighted by atomic mass is 10.1. The Hall–Kier alpha value is -1.95. The van der Waals surface area contributed by atoms with Crippen LogP contribution >= 0.6 is 0 Å². The van der Waals surface area contributed by atoms with Crippen molar-refractivity contribution in [3.63, 3.8) is 0 Å². The minimum absolute atomic E-state index is 0.309. The van der Waals surface area contributed by atoms with Gasteiger partial charge in [-0.1, -0.05) is 0 Å². The molecule has 2 N–H and O–H groups in total. The molecule has 1 aliphatic heterocycles. The zero-order valence-corrected chi connectivity index (χ0v) is 15.9. The molecule has 6 heteroatoms. The largest absolute Gasteiger partial charge is 0.496 e. The molecule has 0 aromatic heterocycles. The number of rotatable bonds is 6. The number of ether oxygens (including phenoxy) is 2. The molecular formula is C19H31N3O3. The number of likely N-dealkylation sites (tertiary alicyclic amines) is 1. The van der Waals surface area contributed by atoms with Gasteiger partial charge in [0.25, 0.3) is 0 Å². The van der Waals surface area contributed by atoms with Crippen molar-refractivity contribution in [3.8, 4) is 5.75 Å². The highest BCUT2D eigenvalue weighted by Crippen LogP contribution is 2.23. The van der Waals surface area contributed by atoms with E-state index in [-0.39, 0.29) is 6.09 Å². The predicted octanol–water partition coefficient (Wildman–Crippen LogP) is 3.11. The van der Waals surface area contributed by atoms with Gasteiger partial charge in [-0.15, -0.1) is 0 Å². The van der Waals surface area contributed by atoms with E-state index in [1.54, 1.807) is 18.1 Å². The summed E-state index contributed by atoms with van der Waals surface area (Å²) in [5, 5.41) is 0. The normalized spacial score (nSPS) is 15.2. The van der Waals surface area contributed by atoms with Gasteiger partial charge in [0.05, 0.1) is 13.7 Å². The number of nitrogen functional groups attached to an aromatic ring is 1. The minimum Gasteiger partial charge on any atom is -0.496 e. The summed E-state index contributed by atoms with van der Waals surface area (Å²) in [6.07, 6.45) is 2.15. The van der Waals surface area contributed by atoms with Crippen LogP contribution in [0.1, 0.15) is 39.2 Å². The fourth-order valence-corrected chi connectivity index (χ4v) is 2.96. The summed E-state index contributed by atoms with van der Waals surface area (Å²) in [5.74, 6) is 0.726. The fourth-order valence-electron chi connectivity index (χ4n) is 2.96. The van der Waals surface area contributed by atoms with Crippen molar-refractivity contribution in [2.45, 2.75) is 45.8 Å². The number of amides is 1. The van der Waals surface area contributed by atoms with E-state index in [9.17, 15) is 4.79 Å². The number of nitrogens with zero attached hydrogens (tertiary/aromatic N) is 2. The maximum absolute atomic E-state index is 12.7. The minimum atomic E-state index is -0.525. The highest BCUT2D eigenvalue weighted by Gasteiger charge is 2.24. The van der Waals surface area contributed by atoms with Crippen LogP contribution in [0.15, 0.2) is 18.2 Å². The molecule has 1 heterocycles. The van der Waals surface area contributed by atoms with Gasteiger partial charge in [0.15, 0.2) is 0 Å². The smallest absolute Gasteiger partial charge is 0.410 e. The third-order valence-electron chi connectivity index (χ3n) is 4.20. The second-order valence-electron chi connectivity index (χ2n) is 7.52. The van der Waals surface area contributed by atoms with Gasteiger partial charge in [0, 0.05) is 24.3 Å². The molecule has 6 nitrogen and oxygen atoms in total. The SMILES string of the molecule is COc1ccc(N)cc1CN(CCN1CCCC1)C(=O)OC(C)(C)C. The number of carbonyl (C=O) groups excluding carboxylic acids is 1. The summed E-state index contributed by atoms with van der Waals surface area (Å²) in [4.78, 5) is 16.8. The average molecular weight is 349 g/mol. The second-order valence-corrected chi connectivity index (χ2v) is 7.52. The molecule has 0 aliphatic carbocycles. The number of carbonyl (C=O) groups is 1. The first-order valence-electron chi connectivity index (χ1n) is 8.91. The van der Waals surface area contributed by atoms with Gasteiger partial charge in [-0.05, 0) is 64.9 Å². The van der Waals surface area contributed by atoms with Gasteiger partial charge in [-0.3, -0.25) is 0 Å². The number of benzene rings is 1. The number of hydrogen-bond donors (Lipinski definition) is 1. The Labute approximate surface area is 150 Å². The monoisotopic (exact) mass is 349 g/mol. The van der Waals surface area contributed by atoms with Gasteiger partial charge < -0.3 is 25.0 Å². The fraction of sp³-hybridized carbons (Fsp3) is 0.632. The second kappa shape index (κ2) is 8.43. The lowest BCUT2D eigenvalue weighted by Gasteiger charge is -2.29. The Morgan fingerprint density at radius 1 is 1.28 bits per heavy atom. The Bertz CT molecular complexity index is 578. The van der Waals surface area contributed by atoms with Crippen molar-refractivity contribution in [1.29, 1.82) is 0 Å². The van der Waals surface area contributed by atoms with Crippen LogP contribution < -0.4 is 10.5 Å².